The Morgan fingerprint density at radius 1 is 1.44 bits per heavy atom. The number of rotatable bonds is 1. The van der Waals surface area contributed by atoms with E-state index >= 15 is 0 Å². The number of hydrogen-bond donors (Lipinski definition) is 0. The van der Waals surface area contributed by atoms with Gasteiger partial charge in [-0.1, -0.05) is 25.9 Å². The molecule has 1 saturated heterocycles. The molecule has 1 amide bonds. The topological polar surface area (TPSA) is 59.2 Å². The Balaban J connectivity index is 2.23. The van der Waals surface area contributed by atoms with Crippen LogP contribution in [0.5, 0.6) is 0 Å². The lowest BCUT2D eigenvalue weighted by molar-refractivity contribution is -0.117. The summed E-state index contributed by atoms with van der Waals surface area (Å²) in [6, 6.07) is 0.248. The summed E-state index contributed by atoms with van der Waals surface area (Å²) in [5, 5.41) is 7.65. The molecule has 0 radical (unpaired) electrons. The predicted molar refractivity (Wildman–Crippen MR) is 59.6 cm³/mol. The quantitative estimate of drug-likeness (QED) is 0.705. The van der Waals surface area contributed by atoms with Crippen LogP contribution in [0.3, 0.4) is 0 Å². The average molecular weight is 244 g/mol. The third-order valence-corrected chi connectivity index (χ3v) is 2.66. The van der Waals surface area contributed by atoms with Crippen LogP contribution in [0.1, 0.15) is 33.1 Å². The summed E-state index contributed by atoms with van der Waals surface area (Å²) in [4.78, 5) is 13.0. The van der Waals surface area contributed by atoms with Crippen LogP contribution in [0, 0.1) is 0 Å². The first-order valence-corrected chi connectivity index (χ1v) is 5.60. The molecule has 1 atom stereocenters. The molecule has 88 valence electrons. The van der Waals surface area contributed by atoms with Crippen molar-refractivity contribution in [2.75, 3.05) is 11.4 Å². The van der Waals surface area contributed by atoms with E-state index in [1.807, 2.05) is 20.8 Å². The third-order valence-electron chi connectivity index (χ3n) is 2.36. The molecule has 0 saturated carbocycles. The van der Waals surface area contributed by atoms with Gasteiger partial charge in [0.1, 0.15) is 0 Å². The van der Waals surface area contributed by atoms with E-state index < -0.39 is 0 Å². The summed E-state index contributed by atoms with van der Waals surface area (Å²) in [6.45, 7) is 6.35. The minimum Gasteiger partial charge on any atom is -0.407 e. The van der Waals surface area contributed by atoms with Crippen molar-refractivity contribution in [3.8, 4) is 0 Å². The smallest absolute Gasteiger partial charge is 0.325 e. The van der Waals surface area contributed by atoms with E-state index in [9.17, 15) is 4.79 Å². The molecule has 1 aliphatic heterocycles. The van der Waals surface area contributed by atoms with Crippen molar-refractivity contribution in [2.24, 2.45) is 0 Å². The summed E-state index contributed by atoms with van der Waals surface area (Å²) in [7, 11) is 0. The van der Waals surface area contributed by atoms with Gasteiger partial charge in [-0.3, -0.25) is 9.69 Å². The molecular weight excluding hydrogens is 230 g/mol. The third kappa shape index (κ3) is 2.04. The van der Waals surface area contributed by atoms with E-state index in [2.05, 4.69) is 10.2 Å². The van der Waals surface area contributed by atoms with Crippen LogP contribution in [0.25, 0.3) is 0 Å². The summed E-state index contributed by atoms with van der Waals surface area (Å²) in [6.07, 6.45) is 0.328. The molecule has 1 fully saturated rings. The molecule has 0 aliphatic carbocycles. The highest BCUT2D eigenvalue weighted by Crippen LogP contribution is 2.27. The van der Waals surface area contributed by atoms with Gasteiger partial charge in [-0.2, -0.15) is 0 Å². The first-order chi connectivity index (χ1) is 7.38. The minimum atomic E-state index is -0.214. The van der Waals surface area contributed by atoms with E-state index in [4.69, 9.17) is 16.0 Å². The maximum atomic E-state index is 11.6. The van der Waals surface area contributed by atoms with Crippen molar-refractivity contribution in [2.45, 2.75) is 38.0 Å². The van der Waals surface area contributed by atoms with E-state index in [1.54, 1.807) is 0 Å². The molecule has 0 bridgehead atoms. The monoisotopic (exact) mass is 243 g/mol. The zero-order chi connectivity index (χ0) is 11.9. The lowest BCUT2D eigenvalue weighted by Gasteiger charge is -2.12. The molecule has 6 heteroatoms. The Kier molecular flexibility index (Phi) is 2.66. The Hall–Kier alpha value is -1.10. The first-order valence-electron chi connectivity index (χ1n) is 5.16. The van der Waals surface area contributed by atoms with E-state index in [0.29, 0.717) is 18.9 Å². The van der Waals surface area contributed by atoms with E-state index in [0.717, 1.165) is 0 Å². The number of nitrogens with zero attached hydrogens (tertiary/aromatic N) is 3. The number of alkyl halides is 1. The van der Waals surface area contributed by atoms with Crippen molar-refractivity contribution in [1.29, 1.82) is 0 Å². The second-order valence-corrected chi connectivity index (χ2v) is 5.56. The maximum Gasteiger partial charge on any atom is 0.325 e. The van der Waals surface area contributed by atoms with Gasteiger partial charge in [0.25, 0.3) is 0 Å². The number of hydrogen-bond acceptors (Lipinski definition) is 4. The van der Waals surface area contributed by atoms with E-state index in [-0.39, 0.29) is 22.7 Å². The number of carbonyl (C=O) groups is 1. The van der Waals surface area contributed by atoms with Gasteiger partial charge in [-0.25, -0.2) is 0 Å². The SMILES string of the molecule is CC(C)(C)c1nnc(N2CC(Cl)CC2=O)o1. The Bertz CT molecular complexity index is 410. The van der Waals surface area contributed by atoms with Crippen LogP contribution in [0.2, 0.25) is 0 Å². The first kappa shape index (κ1) is 11.4. The largest absolute Gasteiger partial charge is 0.407 e. The Labute approximate surface area is 98.8 Å². The highest BCUT2D eigenvalue weighted by atomic mass is 35.5. The Morgan fingerprint density at radius 3 is 2.56 bits per heavy atom. The molecule has 2 rings (SSSR count). The van der Waals surface area contributed by atoms with Crippen molar-refractivity contribution >= 4 is 23.5 Å². The number of amides is 1. The molecule has 1 aromatic heterocycles. The van der Waals surface area contributed by atoms with Gasteiger partial charge >= 0.3 is 6.01 Å². The van der Waals surface area contributed by atoms with Crippen LogP contribution in [-0.2, 0) is 10.2 Å². The molecule has 0 N–H and O–H groups in total. The van der Waals surface area contributed by atoms with Gasteiger partial charge in [0.05, 0.1) is 5.38 Å². The molecule has 0 aromatic carbocycles. The van der Waals surface area contributed by atoms with Crippen LogP contribution in [-0.4, -0.2) is 28.0 Å². The number of carbonyl (C=O) groups excluding carboxylic acids is 1. The summed E-state index contributed by atoms with van der Waals surface area (Å²) < 4.78 is 5.47. The summed E-state index contributed by atoms with van der Waals surface area (Å²) in [5.74, 6) is 0.456. The lowest BCUT2D eigenvalue weighted by atomic mass is 9.97. The summed E-state index contributed by atoms with van der Waals surface area (Å²) in [5.41, 5.74) is -0.214. The maximum absolute atomic E-state index is 11.6. The van der Waals surface area contributed by atoms with Gasteiger partial charge < -0.3 is 4.42 Å². The van der Waals surface area contributed by atoms with Crippen molar-refractivity contribution in [1.82, 2.24) is 10.2 Å². The van der Waals surface area contributed by atoms with Crippen LogP contribution in [0.4, 0.5) is 6.01 Å². The average Bonchev–Trinajstić information content (AvgIpc) is 2.70. The second kappa shape index (κ2) is 3.73. The molecular formula is C10H14ClN3O2. The van der Waals surface area contributed by atoms with Gasteiger partial charge in [0, 0.05) is 18.4 Å². The van der Waals surface area contributed by atoms with Crippen molar-refractivity contribution in [3.05, 3.63) is 5.89 Å². The highest BCUT2D eigenvalue weighted by Gasteiger charge is 2.33. The van der Waals surface area contributed by atoms with Crippen molar-refractivity contribution in [3.63, 3.8) is 0 Å². The fourth-order valence-electron chi connectivity index (χ4n) is 1.48. The molecule has 1 aromatic rings. The van der Waals surface area contributed by atoms with Crippen LogP contribution in [0.15, 0.2) is 4.42 Å². The number of anilines is 1. The number of halogens is 1. The molecule has 5 nitrogen and oxygen atoms in total. The fraction of sp³-hybridized carbons (Fsp3) is 0.700. The zero-order valence-electron chi connectivity index (χ0n) is 9.53. The van der Waals surface area contributed by atoms with Crippen LogP contribution < -0.4 is 4.90 Å². The molecule has 1 unspecified atom stereocenters. The standard InChI is InChI=1S/C10H14ClN3O2/c1-10(2,3)8-12-13-9(16-8)14-5-6(11)4-7(14)15/h6H,4-5H2,1-3H3. The molecule has 2 heterocycles. The van der Waals surface area contributed by atoms with Gasteiger partial charge in [0.2, 0.25) is 11.8 Å². The Morgan fingerprint density at radius 2 is 2.12 bits per heavy atom. The lowest BCUT2D eigenvalue weighted by Crippen LogP contribution is -2.24. The summed E-state index contributed by atoms with van der Waals surface area (Å²) >= 11 is 5.90. The van der Waals surface area contributed by atoms with E-state index in [1.165, 1.54) is 4.90 Å². The zero-order valence-corrected chi connectivity index (χ0v) is 10.3. The normalized spacial score (nSPS) is 21.9. The predicted octanol–water partition coefficient (Wildman–Crippen LogP) is 1.71. The van der Waals surface area contributed by atoms with Gasteiger partial charge in [0.15, 0.2) is 0 Å². The number of aromatic nitrogens is 2. The fourth-order valence-corrected chi connectivity index (χ4v) is 1.75. The minimum absolute atomic E-state index is 0.0656. The van der Waals surface area contributed by atoms with Crippen molar-refractivity contribution < 1.29 is 9.21 Å². The molecule has 1 aliphatic rings. The van der Waals surface area contributed by atoms with Crippen LogP contribution >= 0.6 is 11.6 Å². The second-order valence-electron chi connectivity index (χ2n) is 4.95. The van der Waals surface area contributed by atoms with Gasteiger partial charge in [-0.15, -0.1) is 16.7 Å². The molecule has 0 spiro atoms. The highest BCUT2D eigenvalue weighted by molar-refractivity contribution is 6.24. The molecule has 16 heavy (non-hydrogen) atoms. The van der Waals surface area contributed by atoms with Gasteiger partial charge in [-0.05, 0) is 0 Å².